The number of amides is 2. The lowest BCUT2D eigenvalue weighted by Crippen LogP contribution is -2.22. The summed E-state index contributed by atoms with van der Waals surface area (Å²) in [5.74, 6) is 0.160. The van der Waals surface area contributed by atoms with Crippen LogP contribution in [0.1, 0.15) is 37.8 Å². The van der Waals surface area contributed by atoms with E-state index < -0.39 is 0 Å². The fraction of sp³-hybridized carbons (Fsp3) is 0.467. The van der Waals surface area contributed by atoms with Gasteiger partial charge in [-0.1, -0.05) is 13.0 Å². The van der Waals surface area contributed by atoms with Crippen LogP contribution in [-0.4, -0.2) is 18.4 Å². The molecule has 5 nitrogen and oxygen atoms in total. The summed E-state index contributed by atoms with van der Waals surface area (Å²) in [6, 6.07) is 6.22. The second-order valence-corrected chi connectivity index (χ2v) is 5.45. The number of nitrogens with one attached hydrogen (secondary N) is 3. The van der Waals surface area contributed by atoms with Crippen LogP contribution in [0, 0.1) is 5.92 Å². The average Bonchev–Trinajstić information content (AvgIpc) is 3.21. The van der Waals surface area contributed by atoms with Crippen LogP contribution in [0.15, 0.2) is 18.2 Å². The average molecular weight is 273 g/mol. The molecule has 1 heterocycles. The minimum atomic E-state index is -0.264. The van der Waals surface area contributed by atoms with E-state index in [-0.39, 0.29) is 18.2 Å². The van der Waals surface area contributed by atoms with Gasteiger partial charge in [-0.15, -0.1) is 0 Å². The van der Waals surface area contributed by atoms with E-state index in [9.17, 15) is 9.59 Å². The highest BCUT2D eigenvalue weighted by Crippen LogP contribution is 2.42. The minimum Gasteiger partial charge on any atom is -0.324 e. The standard InChI is InChI=1S/C15H19N3O2/c1-2-16-15(9-3-4-9)10-5-6-11-12(7-10)18-14(20)8-13(19)17-11/h5-7,9,15-16H,2-4,8H2,1H3,(H,17,19)(H,18,20). The molecule has 0 bridgehead atoms. The molecule has 0 saturated heterocycles. The molecule has 0 spiro atoms. The molecule has 106 valence electrons. The molecule has 5 heteroatoms. The predicted molar refractivity (Wildman–Crippen MR) is 77.5 cm³/mol. The van der Waals surface area contributed by atoms with E-state index in [1.54, 1.807) is 0 Å². The zero-order valence-corrected chi connectivity index (χ0v) is 11.5. The summed E-state index contributed by atoms with van der Waals surface area (Å²) in [7, 11) is 0. The minimum absolute atomic E-state index is 0.122. The smallest absolute Gasteiger partial charge is 0.233 e. The first-order valence-corrected chi connectivity index (χ1v) is 7.14. The van der Waals surface area contributed by atoms with E-state index in [1.165, 1.54) is 18.4 Å². The van der Waals surface area contributed by atoms with Crippen LogP contribution in [0.4, 0.5) is 11.4 Å². The Kier molecular flexibility index (Phi) is 3.44. The normalized spacial score (nSPS) is 19.6. The molecule has 1 aliphatic heterocycles. The number of hydrogen-bond donors (Lipinski definition) is 3. The fourth-order valence-electron chi connectivity index (χ4n) is 2.71. The Morgan fingerprint density at radius 2 is 1.90 bits per heavy atom. The van der Waals surface area contributed by atoms with Crippen LogP contribution in [-0.2, 0) is 9.59 Å². The van der Waals surface area contributed by atoms with Gasteiger partial charge in [-0.2, -0.15) is 0 Å². The summed E-state index contributed by atoms with van der Waals surface area (Å²) in [6.45, 7) is 3.02. The number of benzene rings is 1. The summed E-state index contributed by atoms with van der Waals surface area (Å²) in [6.07, 6.45) is 2.37. The molecule has 0 radical (unpaired) electrons. The molecule has 1 saturated carbocycles. The zero-order valence-electron chi connectivity index (χ0n) is 11.5. The van der Waals surface area contributed by atoms with Gasteiger partial charge in [0.05, 0.1) is 11.4 Å². The molecule has 20 heavy (non-hydrogen) atoms. The Morgan fingerprint density at radius 3 is 2.55 bits per heavy atom. The summed E-state index contributed by atoms with van der Waals surface area (Å²) < 4.78 is 0. The van der Waals surface area contributed by atoms with Gasteiger partial charge in [0.25, 0.3) is 0 Å². The van der Waals surface area contributed by atoms with Crippen molar-refractivity contribution in [3.05, 3.63) is 23.8 Å². The van der Waals surface area contributed by atoms with Gasteiger partial charge < -0.3 is 16.0 Å². The number of hydrogen-bond acceptors (Lipinski definition) is 3. The topological polar surface area (TPSA) is 70.2 Å². The highest BCUT2D eigenvalue weighted by atomic mass is 16.2. The Balaban J connectivity index is 1.91. The summed E-state index contributed by atoms with van der Waals surface area (Å²) >= 11 is 0. The second kappa shape index (κ2) is 5.25. The first-order valence-electron chi connectivity index (χ1n) is 7.14. The lowest BCUT2D eigenvalue weighted by Gasteiger charge is -2.19. The Hall–Kier alpha value is -1.88. The summed E-state index contributed by atoms with van der Waals surface area (Å²) in [5.41, 5.74) is 2.54. The number of rotatable bonds is 4. The van der Waals surface area contributed by atoms with E-state index in [0.717, 1.165) is 6.54 Å². The maximum Gasteiger partial charge on any atom is 0.233 e. The van der Waals surface area contributed by atoms with Crippen LogP contribution in [0.5, 0.6) is 0 Å². The first-order chi connectivity index (χ1) is 9.67. The van der Waals surface area contributed by atoms with Crippen LogP contribution in [0.3, 0.4) is 0 Å². The lowest BCUT2D eigenvalue weighted by molar-refractivity contribution is -0.123. The summed E-state index contributed by atoms with van der Waals surface area (Å²) in [5, 5.41) is 9.06. The highest BCUT2D eigenvalue weighted by Gasteiger charge is 2.32. The number of anilines is 2. The Morgan fingerprint density at radius 1 is 1.20 bits per heavy atom. The molecule has 1 atom stereocenters. The van der Waals surface area contributed by atoms with Crippen molar-refractivity contribution >= 4 is 23.2 Å². The number of carbonyl (C=O) groups is 2. The van der Waals surface area contributed by atoms with Gasteiger partial charge in [-0.05, 0) is 43.0 Å². The fourth-order valence-corrected chi connectivity index (χ4v) is 2.71. The van der Waals surface area contributed by atoms with Crippen molar-refractivity contribution in [2.24, 2.45) is 5.92 Å². The van der Waals surface area contributed by atoms with Gasteiger partial charge in [0.15, 0.2) is 0 Å². The van der Waals surface area contributed by atoms with E-state index in [0.29, 0.717) is 23.3 Å². The maximum atomic E-state index is 11.6. The molecular formula is C15H19N3O2. The quantitative estimate of drug-likeness (QED) is 0.735. The molecule has 3 rings (SSSR count). The van der Waals surface area contributed by atoms with Crippen LogP contribution in [0.2, 0.25) is 0 Å². The van der Waals surface area contributed by atoms with Crippen molar-refractivity contribution in [1.29, 1.82) is 0 Å². The molecule has 2 amide bonds. The van der Waals surface area contributed by atoms with Crippen molar-refractivity contribution < 1.29 is 9.59 Å². The third kappa shape index (κ3) is 2.67. The van der Waals surface area contributed by atoms with Gasteiger partial charge in [0.1, 0.15) is 6.42 Å². The van der Waals surface area contributed by atoms with Gasteiger partial charge in [-0.25, -0.2) is 0 Å². The van der Waals surface area contributed by atoms with Gasteiger partial charge in [0.2, 0.25) is 11.8 Å². The Labute approximate surface area is 118 Å². The highest BCUT2D eigenvalue weighted by molar-refractivity contribution is 6.13. The molecule has 1 unspecified atom stereocenters. The second-order valence-electron chi connectivity index (χ2n) is 5.45. The molecule has 2 aliphatic rings. The Bertz CT molecular complexity index is 552. The summed E-state index contributed by atoms with van der Waals surface area (Å²) in [4.78, 5) is 23.1. The van der Waals surface area contributed by atoms with Gasteiger partial charge in [0, 0.05) is 6.04 Å². The van der Waals surface area contributed by atoms with E-state index in [2.05, 4.69) is 22.9 Å². The van der Waals surface area contributed by atoms with E-state index >= 15 is 0 Å². The molecule has 1 fully saturated rings. The van der Waals surface area contributed by atoms with Crippen LogP contribution in [0.25, 0.3) is 0 Å². The molecule has 1 aromatic carbocycles. The van der Waals surface area contributed by atoms with Crippen molar-refractivity contribution in [2.75, 3.05) is 17.2 Å². The maximum absolute atomic E-state index is 11.6. The van der Waals surface area contributed by atoms with Crippen molar-refractivity contribution in [3.8, 4) is 0 Å². The monoisotopic (exact) mass is 273 g/mol. The van der Waals surface area contributed by atoms with Crippen molar-refractivity contribution in [1.82, 2.24) is 5.32 Å². The third-order valence-corrected chi connectivity index (χ3v) is 3.79. The predicted octanol–water partition coefficient (Wildman–Crippen LogP) is 2.03. The number of carbonyl (C=O) groups excluding carboxylic acids is 2. The van der Waals surface area contributed by atoms with Crippen molar-refractivity contribution in [2.45, 2.75) is 32.2 Å². The molecular weight excluding hydrogens is 254 g/mol. The molecule has 1 aliphatic carbocycles. The van der Waals surface area contributed by atoms with Crippen molar-refractivity contribution in [3.63, 3.8) is 0 Å². The molecule has 1 aromatic rings. The van der Waals surface area contributed by atoms with Gasteiger partial charge >= 0.3 is 0 Å². The largest absolute Gasteiger partial charge is 0.324 e. The first kappa shape index (κ1) is 13.1. The lowest BCUT2D eigenvalue weighted by atomic mass is 10.0. The van der Waals surface area contributed by atoms with E-state index in [1.807, 2.05) is 18.2 Å². The molecule has 0 aromatic heterocycles. The SMILES string of the molecule is CCNC(c1ccc2c(c1)NC(=O)CC(=O)N2)C1CC1. The van der Waals surface area contributed by atoms with Crippen LogP contribution >= 0.6 is 0 Å². The molecule has 3 N–H and O–H groups in total. The van der Waals surface area contributed by atoms with Crippen LogP contribution < -0.4 is 16.0 Å². The zero-order chi connectivity index (χ0) is 14.1. The third-order valence-electron chi connectivity index (χ3n) is 3.79. The van der Waals surface area contributed by atoms with Gasteiger partial charge in [-0.3, -0.25) is 9.59 Å². The number of fused-ring (bicyclic) bond motifs is 1. The van der Waals surface area contributed by atoms with E-state index in [4.69, 9.17) is 0 Å².